The molecule has 25 heavy (non-hydrogen) atoms. The number of thiocarbonyl (C=S) groups is 1. The number of anilines is 2. The number of rotatable bonds is 3. The summed E-state index contributed by atoms with van der Waals surface area (Å²) >= 11 is 4.83. The van der Waals surface area contributed by atoms with Crippen molar-refractivity contribution in [3.8, 4) is 0 Å². The van der Waals surface area contributed by atoms with E-state index in [1.165, 1.54) is 12.1 Å². The molecule has 1 aromatic heterocycles. The molecule has 0 atom stereocenters. The van der Waals surface area contributed by atoms with Crippen molar-refractivity contribution in [3.63, 3.8) is 0 Å². The summed E-state index contributed by atoms with van der Waals surface area (Å²) in [4.78, 5) is 6.78. The molecule has 0 amide bonds. The van der Waals surface area contributed by atoms with Crippen LogP contribution in [0.2, 0.25) is 0 Å². The SMILES string of the molecule is FC(F)(F)c1cccc(NC(=S)NNc2nccc(C(F)(F)F)n2)c1. The Hall–Kier alpha value is -2.63. The van der Waals surface area contributed by atoms with Crippen LogP contribution < -0.4 is 16.2 Å². The van der Waals surface area contributed by atoms with Crippen LogP contribution in [0.25, 0.3) is 0 Å². The summed E-state index contributed by atoms with van der Waals surface area (Å²) in [6.45, 7) is 0. The number of hydrazine groups is 1. The molecule has 1 aromatic carbocycles. The number of benzene rings is 1. The fourth-order valence-corrected chi connectivity index (χ4v) is 1.79. The zero-order valence-corrected chi connectivity index (χ0v) is 12.9. The molecule has 12 heteroatoms. The summed E-state index contributed by atoms with van der Waals surface area (Å²) in [5.74, 6) is -0.414. The van der Waals surface area contributed by atoms with Gasteiger partial charge in [-0.2, -0.15) is 26.3 Å². The van der Waals surface area contributed by atoms with E-state index in [1.54, 1.807) is 0 Å². The van der Waals surface area contributed by atoms with E-state index in [1.807, 2.05) is 0 Å². The lowest BCUT2D eigenvalue weighted by atomic mass is 10.2. The van der Waals surface area contributed by atoms with Crippen molar-refractivity contribution in [1.29, 1.82) is 0 Å². The van der Waals surface area contributed by atoms with E-state index >= 15 is 0 Å². The molecule has 0 aliphatic carbocycles. The van der Waals surface area contributed by atoms with Crippen LogP contribution in [0, 0.1) is 0 Å². The maximum Gasteiger partial charge on any atom is 0.433 e. The summed E-state index contributed by atoms with van der Waals surface area (Å²) in [6.07, 6.45) is -8.27. The third kappa shape index (κ3) is 5.45. The van der Waals surface area contributed by atoms with Crippen molar-refractivity contribution in [2.75, 3.05) is 10.7 Å². The minimum Gasteiger partial charge on any atom is -0.331 e. The van der Waals surface area contributed by atoms with Gasteiger partial charge in [0.1, 0.15) is 5.69 Å². The summed E-state index contributed by atoms with van der Waals surface area (Å²) in [6, 6.07) is 4.91. The Morgan fingerprint density at radius 2 is 1.72 bits per heavy atom. The van der Waals surface area contributed by atoms with Gasteiger partial charge in [0.2, 0.25) is 5.95 Å². The first-order valence-corrected chi connectivity index (χ1v) is 6.87. The Morgan fingerprint density at radius 1 is 1.00 bits per heavy atom. The average Bonchev–Trinajstić information content (AvgIpc) is 2.52. The summed E-state index contributed by atoms with van der Waals surface area (Å²) in [5, 5.41) is 2.26. The molecule has 0 aliphatic rings. The van der Waals surface area contributed by atoms with Crippen LogP contribution in [-0.4, -0.2) is 15.1 Å². The van der Waals surface area contributed by atoms with Gasteiger partial charge in [0.25, 0.3) is 0 Å². The molecule has 5 nitrogen and oxygen atoms in total. The van der Waals surface area contributed by atoms with Crippen molar-refractivity contribution >= 4 is 29.0 Å². The second-order valence-electron chi connectivity index (χ2n) is 4.55. The minimum absolute atomic E-state index is 0.0408. The Labute approximate surface area is 142 Å². The summed E-state index contributed by atoms with van der Waals surface area (Å²) in [5.41, 5.74) is 2.50. The van der Waals surface area contributed by atoms with Gasteiger partial charge < -0.3 is 5.32 Å². The molecule has 0 bridgehead atoms. The second kappa shape index (κ2) is 7.09. The predicted octanol–water partition coefficient (Wildman–Crippen LogP) is 3.83. The van der Waals surface area contributed by atoms with Crippen LogP contribution in [0.5, 0.6) is 0 Å². The van der Waals surface area contributed by atoms with E-state index in [0.29, 0.717) is 6.07 Å². The highest BCUT2D eigenvalue weighted by molar-refractivity contribution is 7.80. The summed E-state index contributed by atoms with van der Waals surface area (Å²) < 4.78 is 75.4. The molecule has 3 N–H and O–H groups in total. The molecule has 134 valence electrons. The fraction of sp³-hybridized carbons (Fsp3) is 0.154. The normalized spacial score (nSPS) is 11.8. The standard InChI is InChI=1S/C13H9F6N5S/c14-12(15,16)7-2-1-3-8(6-7)21-11(25)24-23-10-20-5-4-9(22-10)13(17,18)19/h1-6H,(H,20,22,23)(H2,21,24,25). The Kier molecular flexibility index (Phi) is 5.30. The van der Waals surface area contributed by atoms with Gasteiger partial charge in [-0.15, -0.1) is 0 Å². The molecule has 0 aliphatic heterocycles. The van der Waals surface area contributed by atoms with Crippen molar-refractivity contribution in [3.05, 3.63) is 47.8 Å². The lowest BCUT2D eigenvalue weighted by Crippen LogP contribution is -2.34. The highest BCUT2D eigenvalue weighted by Crippen LogP contribution is 2.30. The van der Waals surface area contributed by atoms with E-state index in [0.717, 1.165) is 18.3 Å². The number of aromatic nitrogens is 2. The van der Waals surface area contributed by atoms with Gasteiger partial charge >= 0.3 is 12.4 Å². The first kappa shape index (κ1) is 18.7. The maximum atomic E-state index is 12.6. The lowest BCUT2D eigenvalue weighted by Gasteiger charge is -2.13. The predicted molar refractivity (Wildman–Crippen MR) is 81.5 cm³/mol. The van der Waals surface area contributed by atoms with E-state index in [2.05, 4.69) is 26.1 Å². The molecule has 0 saturated carbocycles. The highest BCUT2D eigenvalue weighted by Gasteiger charge is 2.33. The van der Waals surface area contributed by atoms with Gasteiger partial charge in [-0.3, -0.25) is 10.9 Å². The zero-order valence-electron chi connectivity index (χ0n) is 12.0. The van der Waals surface area contributed by atoms with Crippen molar-refractivity contribution in [2.24, 2.45) is 0 Å². The molecule has 0 fully saturated rings. The highest BCUT2D eigenvalue weighted by atomic mass is 32.1. The number of nitrogens with zero attached hydrogens (tertiary/aromatic N) is 2. The number of hydrogen-bond donors (Lipinski definition) is 3. The minimum atomic E-state index is -4.64. The first-order chi connectivity index (χ1) is 11.6. The first-order valence-electron chi connectivity index (χ1n) is 6.46. The maximum absolute atomic E-state index is 12.6. The molecule has 0 radical (unpaired) electrons. The van der Waals surface area contributed by atoms with Crippen LogP contribution in [0.4, 0.5) is 38.0 Å². The number of halogens is 6. The topological polar surface area (TPSA) is 61.9 Å². The number of nitrogens with one attached hydrogen (secondary N) is 3. The third-order valence-electron chi connectivity index (χ3n) is 2.68. The smallest absolute Gasteiger partial charge is 0.331 e. The molecule has 2 aromatic rings. The third-order valence-corrected chi connectivity index (χ3v) is 2.89. The van der Waals surface area contributed by atoms with Crippen LogP contribution in [-0.2, 0) is 12.4 Å². The van der Waals surface area contributed by atoms with Gasteiger partial charge in [-0.25, -0.2) is 9.97 Å². The lowest BCUT2D eigenvalue weighted by molar-refractivity contribution is -0.141. The van der Waals surface area contributed by atoms with E-state index in [9.17, 15) is 26.3 Å². The van der Waals surface area contributed by atoms with Crippen LogP contribution in [0.3, 0.4) is 0 Å². The van der Waals surface area contributed by atoms with Crippen molar-refractivity contribution in [1.82, 2.24) is 15.4 Å². The van der Waals surface area contributed by atoms with E-state index < -0.39 is 29.6 Å². The molecule has 2 rings (SSSR count). The van der Waals surface area contributed by atoms with E-state index in [4.69, 9.17) is 12.2 Å². The van der Waals surface area contributed by atoms with Crippen LogP contribution in [0.1, 0.15) is 11.3 Å². The Morgan fingerprint density at radius 3 is 2.36 bits per heavy atom. The molecular formula is C13H9F6N5S. The summed E-state index contributed by atoms with van der Waals surface area (Å²) in [7, 11) is 0. The molecule has 0 spiro atoms. The molecule has 1 heterocycles. The van der Waals surface area contributed by atoms with Crippen LogP contribution in [0.15, 0.2) is 36.5 Å². The number of hydrogen-bond acceptors (Lipinski definition) is 4. The monoisotopic (exact) mass is 381 g/mol. The fourth-order valence-electron chi connectivity index (χ4n) is 1.63. The van der Waals surface area contributed by atoms with Gasteiger partial charge in [0.15, 0.2) is 5.11 Å². The van der Waals surface area contributed by atoms with Gasteiger partial charge in [0, 0.05) is 11.9 Å². The van der Waals surface area contributed by atoms with Crippen molar-refractivity contribution < 1.29 is 26.3 Å². The van der Waals surface area contributed by atoms with Gasteiger partial charge in [-0.1, -0.05) is 6.07 Å². The van der Waals surface area contributed by atoms with Gasteiger partial charge in [-0.05, 0) is 36.5 Å². The Balaban J connectivity index is 1.98. The van der Waals surface area contributed by atoms with Crippen LogP contribution >= 0.6 is 12.2 Å². The molecule has 0 unspecified atom stereocenters. The van der Waals surface area contributed by atoms with E-state index in [-0.39, 0.29) is 10.8 Å². The number of alkyl halides is 6. The molecule has 0 saturated heterocycles. The van der Waals surface area contributed by atoms with Gasteiger partial charge in [0.05, 0.1) is 5.56 Å². The van der Waals surface area contributed by atoms with Crippen molar-refractivity contribution in [2.45, 2.75) is 12.4 Å². The molecular weight excluding hydrogens is 372 g/mol. The average molecular weight is 381 g/mol. The largest absolute Gasteiger partial charge is 0.433 e. The zero-order chi connectivity index (χ0) is 18.7. The second-order valence-corrected chi connectivity index (χ2v) is 4.95. The quantitative estimate of drug-likeness (QED) is 0.427. The Bertz CT molecular complexity index is 761.